The van der Waals surface area contributed by atoms with Crippen LogP contribution in [0.4, 0.5) is 0 Å². The van der Waals surface area contributed by atoms with E-state index in [1.165, 1.54) is 5.56 Å². The zero-order chi connectivity index (χ0) is 24.5. The Bertz CT molecular complexity index is 1210. The first-order valence-electron chi connectivity index (χ1n) is 12.2. The number of benzene rings is 3. The summed E-state index contributed by atoms with van der Waals surface area (Å²) in [5, 5.41) is 10.7. The van der Waals surface area contributed by atoms with Crippen molar-refractivity contribution in [2.75, 3.05) is 26.7 Å². The summed E-state index contributed by atoms with van der Waals surface area (Å²) in [6, 6.07) is 21.4. The standard InChI is InChI=1S/C29H30Cl2N2O2.ClH/c1-32-28(24-4-2-3-5-25(24)29(32)35)23(21-8-11-26(30)27(31)18-21)14-17-33-15-12-20(13-16-33)19-6-9-22(34)10-7-19;/h2-11,18,20,23,28,34H,12-17H2,1H3;1H. The van der Waals surface area contributed by atoms with E-state index in [1.807, 2.05) is 54.4 Å². The summed E-state index contributed by atoms with van der Waals surface area (Å²) in [5.74, 6) is 1.03. The highest BCUT2D eigenvalue weighted by atomic mass is 35.5. The maximum Gasteiger partial charge on any atom is 0.254 e. The minimum atomic E-state index is -0.0366. The fourth-order valence-electron chi connectivity index (χ4n) is 5.77. The predicted molar refractivity (Wildman–Crippen MR) is 149 cm³/mol. The molecule has 0 aromatic heterocycles. The average Bonchev–Trinajstić information content (AvgIpc) is 3.12. The first kappa shape index (κ1) is 26.8. The molecule has 3 aromatic rings. The number of hydrogen-bond acceptors (Lipinski definition) is 3. The van der Waals surface area contributed by atoms with E-state index in [-0.39, 0.29) is 30.3 Å². The number of rotatable bonds is 6. The summed E-state index contributed by atoms with van der Waals surface area (Å²) >= 11 is 12.7. The van der Waals surface area contributed by atoms with Crippen LogP contribution in [0, 0.1) is 0 Å². The van der Waals surface area contributed by atoms with Crippen LogP contribution in [0.5, 0.6) is 5.75 Å². The van der Waals surface area contributed by atoms with Gasteiger partial charge in [-0.1, -0.05) is 59.6 Å². The maximum absolute atomic E-state index is 13.0. The van der Waals surface area contributed by atoms with Crippen molar-refractivity contribution in [2.45, 2.75) is 37.1 Å². The smallest absolute Gasteiger partial charge is 0.254 e. The third-order valence-corrected chi connectivity index (χ3v) is 8.45. The van der Waals surface area contributed by atoms with Crippen molar-refractivity contribution in [3.63, 3.8) is 0 Å². The number of amides is 1. The Balaban J connectivity index is 0.00000304. The Morgan fingerprint density at radius 2 is 1.67 bits per heavy atom. The lowest BCUT2D eigenvalue weighted by molar-refractivity contribution is 0.0746. The molecule has 2 aliphatic rings. The molecule has 1 N–H and O–H groups in total. The van der Waals surface area contributed by atoms with Crippen molar-refractivity contribution in [1.82, 2.24) is 9.80 Å². The number of fused-ring (bicyclic) bond motifs is 1. The fraction of sp³-hybridized carbons (Fsp3) is 0.345. The molecule has 4 nitrogen and oxygen atoms in total. The van der Waals surface area contributed by atoms with Gasteiger partial charge < -0.3 is 14.9 Å². The van der Waals surface area contributed by atoms with E-state index in [2.05, 4.69) is 17.0 Å². The van der Waals surface area contributed by atoms with Crippen LogP contribution in [-0.4, -0.2) is 47.5 Å². The first-order chi connectivity index (χ1) is 16.9. The molecule has 3 aromatic carbocycles. The van der Waals surface area contributed by atoms with Crippen LogP contribution in [0.25, 0.3) is 0 Å². The molecule has 2 aliphatic heterocycles. The van der Waals surface area contributed by atoms with Crippen LogP contribution < -0.4 is 0 Å². The predicted octanol–water partition coefficient (Wildman–Crippen LogP) is 7.30. The first-order valence-corrected chi connectivity index (χ1v) is 13.0. The molecule has 0 aliphatic carbocycles. The molecular weight excluding hydrogens is 515 g/mol. The van der Waals surface area contributed by atoms with Crippen molar-refractivity contribution in [3.05, 3.63) is 99.0 Å². The Kier molecular flexibility index (Phi) is 8.52. The quantitative estimate of drug-likeness (QED) is 0.353. The number of phenols is 1. The van der Waals surface area contributed by atoms with E-state index in [9.17, 15) is 9.90 Å². The number of likely N-dealkylation sites (N-methyl/N-ethyl adjacent to an activating group) is 1. The Labute approximate surface area is 229 Å². The summed E-state index contributed by atoms with van der Waals surface area (Å²) in [6.07, 6.45) is 3.12. The molecule has 1 amide bonds. The Hall–Kier alpha value is -2.24. The highest BCUT2D eigenvalue weighted by Crippen LogP contribution is 2.45. The molecule has 190 valence electrons. The SMILES string of the molecule is CN1C(=O)c2ccccc2C1C(CCN1CCC(c2ccc(O)cc2)CC1)c1ccc(Cl)c(Cl)c1.Cl. The molecule has 0 saturated carbocycles. The van der Waals surface area contributed by atoms with Crippen molar-refractivity contribution in [3.8, 4) is 5.75 Å². The molecule has 1 saturated heterocycles. The second-order valence-electron chi connectivity index (χ2n) is 9.72. The minimum Gasteiger partial charge on any atom is -0.508 e. The molecule has 0 radical (unpaired) electrons. The summed E-state index contributed by atoms with van der Waals surface area (Å²) in [6.45, 7) is 3.03. The van der Waals surface area contributed by atoms with Gasteiger partial charge in [0.1, 0.15) is 5.75 Å². The van der Waals surface area contributed by atoms with Gasteiger partial charge in [0.2, 0.25) is 0 Å². The number of nitrogens with zero attached hydrogens (tertiary/aromatic N) is 2. The highest BCUT2D eigenvalue weighted by molar-refractivity contribution is 6.42. The molecule has 2 heterocycles. The molecule has 0 spiro atoms. The summed E-state index contributed by atoms with van der Waals surface area (Å²) < 4.78 is 0. The van der Waals surface area contributed by atoms with Gasteiger partial charge in [0.15, 0.2) is 0 Å². The summed E-state index contributed by atoms with van der Waals surface area (Å²) in [4.78, 5) is 17.4. The lowest BCUT2D eigenvalue weighted by Crippen LogP contribution is -2.35. The van der Waals surface area contributed by atoms with Gasteiger partial charge in [-0.15, -0.1) is 12.4 Å². The lowest BCUT2D eigenvalue weighted by atomic mass is 9.84. The van der Waals surface area contributed by atoms with Crippen LogP contribution in [0.2, 0.25) is 10.0 Å². The van der Waals surface area contributed by atoms with E-state index in [0.29, 0.717) is 21.7 Å². The second kappa shape index (κ2) is 11.4. The van der Waals surface area contributed by atoms with Crippen LogP contribution in [0.1, 0.15) is 64.2 Å². The molecule has 7 heteroatoms. The van der Waals surface area contributed by atoms with Crippen molar-refractivity contribution in [1.29, 1.82) is 0 Å². The maximum atomic E-state index is 13.0. The number of halogens is 3. The molecule has 5 rings (SSSR count). The number of hydrogen-bond donors (Lipinski definition) is 1. The normalized spacial score (nSPS) is 19.1. The molecule has 2 atom stereocenters. The van der Waals surface area contributed by atoms with Gasteiger partial charge in [0.05, 0.1) is 16.1 Å². The zero-order valence-electron chi connectivity index (χ0n) is 20.2. The second-order valence-corrected chi connectivity index (χ2v) is 10.5. The molecule has 0 bridgehead atoms. The Morgan fingerprint density at radius 1 is 0.972 bits per heavy atom. The molecule has 2 unspecified atom stereocenters. The van der Waals surface area contributed by atoms with E-state index < -0.39 is 0 Å². The van der Waals surface area contributed by atoms with Crippen molar-refractivity contribution >= 4 is 41.5 Å². The summed E-state index contributed by atoms with van der Waals surface area (Å²) in [7, 11) is 1.90. The fourth-order valence-corrected chi connectivity index (χ4v) is 6.08. The molecule has 1 fully saturated rings. The van der Waals surface area contributed by atoms with Crippen LogP contribution >= 0.6 is 35.6 Å². The third kappa shape index (κ3) is 5.38. The topological polar surface area (TPSA) is 43.8 Å². The van der Waals surface area contributed by atoms with Gasteiger partial charge >= 0.3 is 0 Å². The molecule has 36 heavy (non-hydrogen) atoms. The van der Waals surface area contributed by atoms with E-state index >= 15 is 0 Å². The van der Waals surface area contributed by atoms with Gasteiger partial charge in [-0.25, -0.2) is 0 Å². The molecular formula is C29H31Cl3N2O2. The monoisotopic (exact) mass is 544 g/mol. The summed E-state index contributed by atoms with van der Waals surface area (Å²) in [5.41, 5.74) is 4.29. The van der Waals surface area contributed by atoms with Crippen LogP contribution in [0.15, 0.2) is 66.7 Å². The van der Waals surface area contributed by atoms with E-state index in [4.69, 9.17) is 23.2 Å². The Morgan fingerprint density at radius 3 is 2.36 bits per heavy atom. The van der Waals surface area contributed by atoms with Crippen LogP contribution in [0.3, 0.4) is 0 Å². The van der Waals surface area contributed by atoms with Gasteiger partial charge in [0, 0.05) is 18.5 Å². The average molecular weight is 546 g/mol. The van der Waals surface area contributed by atoms with Gasteiger partial charge in [-0.05, 0) is 91.8 Å². The lowest BCUT2D eigenvalue weighted by Gasteiger charge is -2.35. The zero-order valence-corrected chi connectivity index (χ0v) is 22.6. The highest BCUT2D eigenvalue weighted by Gasteiger charge is 2.39. The van der Waals surface area contributed by atoms with Crippen molar-refractivity contribution in [2.24, 2.45) is 0 Å². The number of phenolic OH excluding ortho intramolecular Hbond substituents is 1. The minimum absolute atomic E-state index is 0. The van der Waals surface area contributed by atoms with E-state index in [1.54, 1.807) is 12.1 Å². The number of carbonyl (C=O) groups is 1. The van der Waals surface area contributed by atoms with Gasteiger partial charge in [-0.2, -0.15) is 0 Å². The van der Waals surface area contributed by atoms with E-state index in [0.717, 1.165) is 55.6 Å². The van der Waals surface area contributed by atoms with Gasteiger partial charge in [-0.3, -0.25) is 4.79 Å². The largest absolute Gasteiger partial charge is 0.508 e. The number of likely N-dealkylation sites (tertiary alicyclic amines) is 1. The van der Waals surface area contributed by atoms with Crippen LogP contribution in [-0.2, 0) is 0 Å². The third-order valence-electron chi connectivity index (χ3n) is 7.71. The van der Waals surface area contributed by atoms with Gasteiger partial charge in [0.25, 0.3) is 5.91 Å². The number of piperidine rings is 1. The number of carbonyl (C=O) groups excluding carboxylic acids is 1. The van der Waals surface area contributed by atoms with Crippen molar-refractivity contribution < 1.29 is 9.90 Å². The number of aromatic hydroxyl groups is 1.